The summed E-state index contributed by atoms with van der Waals surface area (Å²) in [6.07, 6.45) is 0.968. The molecule has 0 fully saturated rings. The van der Waals surface area contributed by atoms with Gasteiger partial charge in [-0.2, -0.15) is 0 Å². The van der Waals surface area contributed by atoms with E-state index >= 15 is 0 Å². The monoisotopic (exact) mass is 390 g/mol. The van der Waals surface area contributed by atoms with Crippen LogP contribution in [0.4, 0.5) is 0 Å². The maximum Gasteiger partial charge on any atom is 0.224 e. The number of nitrogens with one attached hydrogen (secondary N) is 2. The molecule has 1 aromatic heterocycles. The van der Waals surface area contributed by atoms with Crippen molar-refractivity contribution in [2.24, 2.45) is 0 Å². The molecule has 6 heteroatoms. The third-order valence-corrected chi connectivity index (χ3v) is 4.98. The fourth-order valence-electron chi connectivity index (χ4n) is 3.00. The summed E-state index contributed by atoms with van der Waals surface area (Å²) in [7, 11) is 1.63. The van der Waals surface area contributed by atoms with Gasteiger partial charge in [0.1, 0.15) is 5.75 Å². The molecule has 0 aliphatic rings. The SMILES string of the molecule is COc1ccc2[nH]c(C)c(CC(=O)NCCc3ccc(Cl)cc3Cl)c2c1. The van der Waals surface area contributed by atoms with Crippen LogP contribution in [0.25, 0.3) is 10.9 Å². The Kier molecular flexibility index (Phi) is 5.74. The Morgan fingerprint density at radius 2 is 2.00 bits per heavy atom. The van der Waals surface area contributed by atoms with Gasteiger partial charge in [0.2, 0.25) is 5.91 Å². The lowest BCUT2D eigenvalue weighted by Crippen LogP contribution is -2.27. The molecule has 0 saturated carbocycles. The Morgan fingerprint density at radius 3 is 2.73 bits per heavy atom. The number of carbonyl (C=O) groups is 1. The Balaban J connectivity index is 1.64. The first kappa shape index (κ1) is 18.6. The molecule has 0 saturated heterocycles. The number of hydrogen-bond donors (Lipinski definition) is 2. The van der Waals surface area contributed by atoms with E-state index in [4.69, 9.17) is 27.9 Å². The second-order valence-corrected chi connectivity index (χ2v) is 7.00. The molecular formula is C20H20Cl2N2O2. The summed E-state index contributed by atoms with van der Waals surface area (Å²) < 4.78 is 5.29. The van der Waals surface area contributed by atoms with Crippen LogP contribution in [0.2, 0.25) is 10.0 Å². The van der Waals surface area contributed by atoms with E-state index in [0.29, 0.717) is 29.4 Å². The van der Waals surface area contributed by atoms with Crippen LogP contribution in [0, 0.1) is 6.92 Å². The Morgan fingerprint density at radius 1 is 1.19 bits per heavy atom. The number of aryl methyl sites for hydroxylation is 1. The Hall–Kier alpha value is -2.17. The van der Waals surface area contributed by atoms with E-state index in [9.17, 15) is 4.79 Å². The highest BCUT2D eigenvalue weighted by Gasteiger charge is 2.13. The van der Waals surface area contributed by atoms with E-state index < -0.39 is 0 Å². The zero-order chi connectivity index (χ0) is 18.7. The van der Waals surface area contributed by atoms with Gasteiger partial charge in [0.05, 0.1) is 13.5 Å². The highest BCUT2D eigenvalue weighted by atomic mass is 35.5. The van der Waals surface area contributed by atoms with Crippen LogP contribution in [0.5, 0.6) is 5.75 Å². The normalized spacial score (nSPS) is 10.9. The van der Waals surface area contributed by atoms with Crippen molar-refractivity contribution in [3.63, 3.8) is 0 Å². The minimum absolute atomic E-state index is 0.0260. The second kappa shape index (κ2) is 8.02. The molecule has 26 heavy (non-hydrogen) atoms. The molecular weight excluding hydrogens is 371 g/mol. The lowest BCUT2D eigenvalue weighted by molar-refractivity contribution is -0.120. The lowest BCUT2D eigenvalue weighted by Gasteiger charge is -2.08. The van der Waals surface area contributed by atoms with Gasteiger partial charge in [0, 0.05) is 33.2 Å². The fraction of sp³-hybridized carbons (Fsp3) is 0.250. The van der Waals surface area contributed by atoms with E-state index in [-0.39, 0.29) is 5.91 Å². The highest BCUT2D eigenvalue weighted by molar-refractivity contribution is 6.35. The molecule has 0 aliphatic heterocycles. The van der Waals surface area contributed by atoms with Crippen molar-refractivity contribution in [2.45, 2.75) is 19.8 Å². The molecule has 136 valence electrons. The highest BCUT2D eigenvalue weighted by Crippen LogP contribution is 2.26. The summed E-state index contributed by atoms with van der Waals surface area (Å²) >= 11 is 12.1. The summed E-state index contributed by atoms with van der Waals surface area (Å²) in [5, 5.41) is 5.19. The molecule has 2 N–H and O–H groups in total. The van der Waals surface area contributed by atoms with E-state index in [1.807, 2.05) is 31.2 Å². The van der Waals surface area contributed by atoms with Crippen molar-refractivity contribution in [3.8, 4) is 5.75 Å². The van der Waals surface area contributed by atoms with Crippen molar-refractivity contribution in [2.75, 3.05) is 13.7 Å². The standard InChI is InChI=1S/C20H20Cl2N2O2/c1-12-16(17-10-15(26-2)5-6-19(17)24-12)11-20(25)23-8-7-13-3-4-14(21)9-18(13)22/h3-6,9-10,24H,7-8,11H2,1-2H3,(H,23,25). The number of fused-ring (bicyclic) bond motifs is 1. The first-order valence-electron chi connectivity index (χ1n) is 8.33. The molecule has 0 bridgehead atoms. The molecule has 0 spiro atoms. The molecule has 0 radical (unpaired) electrons. The summed E-state index contributed by atoms with van der Waals surface area (Å²) in [5.41, 5.74) is 3.94. The third kappa shape index (κ3) is 4.14. The topological polar surface area (TPSA) is 54.1 Å². The van der Waals surface area contributed by atoms with Gasteiger partial charge in [-0.25, -0.2) is 0 Å². The van der Waals surface area contributed by atoms with Crippen LogP contribution < -0.4 is 10.1 Å². The number of H-pyrrole nitrogens is 1. The fourth-order valence-corrected chi connectivity index (χ4v) is 3.50. The van der Waals surface area contributed by atoms with Crippen molar-refractivity contribution >= 4 is 40.0 Å². The van der Waals surface area contributed by atoms with Gasteiger partial charge >= 0.3 is 0 Å². The van der Waals surface area contributed by atoms with Gasteiger partial charge in [0.15, 0.2) is 0 Å². The van der Waals surface area contributed by atoms with E-state index in [0.717, 1.165) is 33.5 Å². The lowest BCUT2D eigenvalue weighted by atomic mass is 10.1. The van der Waals surface area contributed by atoms with E-state index in [1.165, 1.54) is 0 Å². The number of halogens is 2. The zero-order valence-electron chi connectivity index (χ0n) is 14.7. The molecule has 2 aromatic carbocycles. The number of rotatable bonds is 6. The quantitative estimate of drug-likeness (QED) is 0.640. The number of hydrogen-bond acceptors (Lipinski definition) is 2. The van der Waals surface area contributed by atoms with E-state index in [2.05, 4.69) is 10.3 Å². The van der Waals surface area contributed by atoms with Gasteiger partial charge in [-0.15, -0.1) is 0 Å². The largest absolute Gasteiger partial charge is 0.497 e. The maximum absolute atomic E-state index is 12.4. The number of methoxy groups -OCH3 is 1. The summed E-state index contributed by atoms with van der Waals surface area (Å²) in [4.78, 5) is 15.7. The Bertz CT molecular complexity index is 950. The average Bonchev–Trinajstić information content (AvgIpc) is 2.91. The number of ether oxygens (including phenoxy) is 1. The van der Waals surface area contributed by atoms with Crippen molar-refractivity contribution < 1.29 is 9.53 Å². The van der Waals surface area contributed by atoms with Crippen LogP contribution in [0.1, 0.15) is 16.8 Å². The number of aromatic nitrogens is 1. The molecule has 1 amide bonds. The van der Waals surface area contributed by atoms with Crippen LogP contribution >= 0.6 is 23.2 Å². The van der Waals surface area contributed by atoms with Crippen LogP contribution in [-0.2, 0) is 17.6 Å². The minimum atomic E-state index is -0.0260. The first-order chi connectivity index (χ1) is 12.5. The van der Waals surface area contributed by atoms with E-state index in [1.54, 1.807) is 19.2 Å². The minimum Gasteiger partial charge on any atom is -0.497 e. The van der Waals surface area contributed by atoms with Crippen LogP contribution in [0.3, 0.4) is 0 Å². The molecule has 0 unspecified atom stereocenters. The molecule has 0 atom stereocenters. The van der Waals surface area contributed by atoms with Gasteiger partial charge in [0.25, 0.3) is 0 Å². The smallest absolute Gasteiger partial charge is 0.224 e. The Labute approximate surface area is 162 Å². The zero-order valence-corrected chi connectivity index (χ0v) is 16.2. The number of amides is 1. The number of carbonyl (C=O) groups excluding carboxylic acids is 1. The third-order valence-electron chi connectivity index (χ3n) is 4.40. The summed E-state index contributed by atoms with van der Waals surface area (Å²) in [6.45, 7) is 2.49. The van der Waals surface area contributed by atoms with Gasteiger partial charge in [-0.3, -0.25) is 4.79 Å². The number of benzene rings is 2. The van der Waals surface area contributed by atoms with Crippen molar-refractivity contribution in [1.29, 1.82) is 0 Å². The average molecular weight is 391 g/mol. The predicted octanol–water partition coefficient (Wildman–Crippen LogP) is 4.69. The first-order valence-corrected chi connectivity index (χ1v) is 9.09. The molecule has 3 rings (SSSR count). The van der Waals surface area contributed by atoms with Crippen molar-refractivity contribution in [3.05, 3.63) is 63.3 Å². The number of aromatic amines is 1. The van der Waals surface area contributed by atoms with Crippen molar-refractivity contribution in [1.82, 2.24) is 10.3 Å². The summed E-state index contributed by atoms with van der Waals surface area (Å²) in [6, 6.07) is 11.2. The molecule has 0 aliphatic carbocycles. The predicted molar refractivity (Wildman–Crippen MR) is 106 cm³/mol. The molecule has 3 aromatic rings. The summed E-state index contributed by atoms with van der Waals surface area (Å²) in [5.74, 6) is 0.748. The van der Waals surface area contributed by atoms with Gasteiger partial charge in [-0.1, -0.05) is 29.3 Å². The maximum atomic E-state index is 12.4. The van der Waals surface area contributed by atoms with Crippen LogP contribution in [0.15, 0.2) is 36.4 Å². The van der Waals surface area contributed by atoms with Gasteiger partial charge in [-0.05, 0) is 54.8 Å². The van der Waals surface area contributed by atoms with Crippen LogP contribution in [-0.4, -0.2) is 24.5 Å². The van der Waals surface area contributed by atoms with Gasteiger partial charge < -0.3 is 15.0 Å². The molecule has 4 nitrogen and oxygen atoms in total. The second-order valence-electron chi connectivity index (χ2n) is 6.15. The molecule has 1 heterocycles.